The van der Waals surface area contributed by atoms with Crippen LogP contribution in [-0.2, 0) is 11.2 Å². The van der Waals surface area contributed by atoms with Crippen molar-refractivity contribution in [3.63, 3.8) is 0 Å². The van der Waals surface area contributed by atoms with Crippen LogP contribution in [0.2, 0.25) is 0 Å². The number of amides is 2. The van der Waals surface area contributed by atoms with E-state index in [0.29, 0.717) is 24.1 Å². The molecule has 1 aromatic carbocycles. The Hall–Kier alpha value is -2.69. The Morgan fingerprint density at radius 2 is 2.00 bits per heavy atom. The molecule has 0 fully saturated rings. The number of hydrogen-bond donors (Lipinski definition) is 1. The maximum atomic E-state index is 12.1. The quantitative estimate of drug-likeness (QED) is 0.921. The number of nitrogens with zero attached hydrogens (tertiary/aromatic N) is 2. The first kappa shape index (κ1) is 15.7. The van der Waals surface area contributed by atoms with Gasteiger partial charge in [-0.15, -0.1) is 0 Å². The van der Waals surface area contributed by atoms with Gasteiger partial charge < -0.3 is 10.2 Å². The molecular weight excluding hydrogens is 278 g/mol. The van der Waals surface area contributed by atoms with E-state index in [9.17, 15) is 9.59 Å². The average Bonchev–Trinajstić information content (AvgIpc) is 2.53. The van der Waals surface area contributed by atoms with E-state index < -0.39 is 0 Å². The van der Waals surface area contributed by atoms with Gasteiger partial charge in [0.15, 0.2) is 0 Å². The molecule has 2 rings (SSSR count). The van der Waals surface area contributed by atoms with Crippen LogP contribution in [0.15, 0.2) is 48.8 Å². The molecule has 114 valence electrons. The summed E-state index contributed by atoms with van der Waals surface area (Å²) in [5.74, 6) is -0.112. The molecule has 0 aliphatic carbocycles. The van der Waals surface area contributed by atoms with E-state index in [4.69, 9.17) is 0 Å². The summed E-state index contributed by atoms with van der Waals surface area (Å²) in [7, 11) is 3.49. The monoisotopic (exact) mass is 297 g/mol. The van der Waals surface area contributed by atoms with Crippen molar-refractivity contribution >= 4 is 17.5 Å². The van der Waals surface area contributed by atoms with Crippen molar-refractivity contribution in [3.8, 4) is 0 Å². The second-order valence-electron chi connectivity index (χ2n) is 5.18. The Balaban J connectivity index is 1.99. The molecule has 1 aromatic heterocycles. The normalized spacial score (nSPS) is 10.1. The Morgan fingerprint density at radius 1 is 1.18 bits per heavy atom. The first-order valence-corrected chi connectivity index (χ1v) is 7.07. The standard InChI is InChI=1S/C17H19N3O2/c1-20(2)16(21)9-8-13-5-3-7-15(11-13)19-17(22)14-6-4-10-18-12-14/h3-7,10-12H,8-9H2,1-2H3,(H,19,22). The zero-order valence-electron chi connectivity index (χ0n) is 12.7. The number of anilines is 1. The summed E-state index contributed by atoms with van der Waals surface area (Å²) in [5, 5.41) is 2.83. The number of pyridine rings is 1. The number of aryl methyl sites for hydroxylation is 1. The van der Waals surface area contributed by atoms with Crippen molar-refractivity contribution < 1.29 is 9.59 Å². The van der Waals surface area contributed by atoms with Gasteiger partial charge in [0.25, 0.3) is 5.91 Å². The average molecular weight is 297 g/mol. The smallest absolute Gasteiger partial charge is 0.257 e. The Morgan fingerprint density at radius 3 is 2.68 bits per heavy atom. The van der Waals surface area contributed by atoms with E-state index in [2.05, 4.69) is 10.3 Å². The van der Waals surface area contributed by atoms with Gasteiger partial charge in [0.2, 0.25) is 5.91 Å². The minimum atomic E-state index is -0.199. The fourth-order valence-corrected chi connectivity index (χ4v) is 1.98. The molecule has 1 N–H and O–H groups in total. The van der Waals surface area contributed by atoms with E-state index >= 15 is 0 Å². The van der Waals surface area contributed by atoms with Crippen molar-refractivity contribution in [1.29, 1.82) is 0 Å². The van der Waals surface area contributed by atoms with Gasteiger partial charge in [-0.1, -0.05) is 12.1 Å². The molecule has 5 heteroatoms. The zero-order valence-corrected chi connectivity index (χ0v) is 12.7. The lowest BCUT2D eigenvalue weighted by atomic mass is 10.1. The van der Waals surface area contributed by atoms with Crippen molar-refractivity contribution in [2.45, 2.75) is 12.8 Å². The molecule has 2 aromatic rings. The molecule has 0 spiro atoms. The maximum Gasteiger partial charge on any atom is 0.257 e. The third-order valence-corrected chi connectivity index (χ3v) is 3.23. The van der Waals surface area contributed by atoms with Gasteiger partial charge in [-0.2, -0.15) is 0 Å². The highest BCUT2D eigenvalue weighted by atomic mass is 16.2. The van der Waals surface area contributed by atoms with Crippen molar-refractivity contribution in [2.75, 3.05) is 19.4 Å². The fraction of sp³-hybridized carbons (Fsp3) is 0.235. The molecule has 0 bridgehead atoms. The van der Waals surface area contributed by atoms with Crippen molar-refractivity contribution in [3.05, 3.63) is 59.9 Å². The van der Waals surface area contributed by atoms with Gasteiger partial charge in [-0.05, 0) is 36.2 Å². The van der Waals surface area contributed by atoms with Gasteiger partial charge >= 0.3 is 0 Å². The van der Waals surface area contributed by atoms with Gasteiger partial charge in [0.05, 0.1) is 5.56 Å². The van der Waals surface area contributed by atoms with Crippen LogP contribution < -0.4 is 5.32 Å². The highest BCUT2D eigenvalue weighted by Crippen LogP contribution is 2.14. The Kier molecular flexibility index (Phi) is 5.25. The number of carbonyl (C=O) groups is 2. The molecule has 5 nitrogen and oxygen atoms in total. The molecule has 22 heavy (non-hydrogen) atoms. The molecule has 0 aliphatic heterocycles. The van der Waals surface area contributed by atoms with E-state index in [1.54, 1.807) is 37.3 Å². The third kappa shape index (κ3) is 4.41. The maximum absolute atomic E-state index is 12.1. The summed E-state index contributed by atoms with van der Waals surface area (Å²) in [6, 6.07) is 11.0. The summed E-state index contributed by atoms with van der Waals surface area (Å²) in [4.78, 5) is 29.2. The molecule has 0 aliphatic rings. The summed E-state index contributed by atoms with van der Waals surface area (Å²) in [6.45, 7) is 0. The number of aromatic nitrogens is 1. The molecule has 0 atom stereocenters. The van der Waals surface area contributed by atoms with E-state index in [-0.39, 0.29) is 11.8 Å². The fourth-order valence-electron chi connectivity index (χ4n) is 1.98. The van der Waals surface area contributed by atoms with E-state index in [1.807, 2.05) is 24.3 Å². The minimum Gasteiger partial charge on any atom is -0.349 e. The first-order valence-electron chi connectivity index (χ1n) is 7.07. The van der Waals surface area contributed by atoms with Gasteiger partial charge in [0.1, 0.15) is 0 Å². The topological polar surface area (TPSA) is 62.3 Å². The van der Waals surface area contributed by atoms with Crippen LogP contribution in [0.5, 0.6) is 0 Å². The van der Waals surface area contributed by atoms with Crippen LogP contribution >= 0.6 is 0 Å². The lowest BCUT2D eigenvalue weighted by Crippen LogP contribution is -2.21. The van der Waals surface area contributed by atoms with Crippen molar-refractivity contribution in [1.82, 2.24) is 9.88 Å². The summed E-state index contributed by atoms with van der Waals surface area (Å²) in [6.07, 6.45) is 4.24. The van der Waals surface area contributed by atoms with Crippen molar-refractivity contribution in [2.24, 2.45) is 0 Å². The third-order valence-electron chi connectivity index (χ3n) is 3.23. The van der Waals surface area contributed by atoms with Gasteiger partial charge in [-0.25, -0.2) is 0 Å². The molecular formula is C17H19N3O2. The zero-order chi connectivity index (χ0) is 15.9. The number of rotatable bonds is 5. The predicted octanol–water partition coefficient (Wildman–Crippen LogP) is 2.35. The summed E-state index contributed by atoms with van der Waals surface area (Å²) >= 11 is 0. The molecule has 1 heterocycles. The first-order chi connectivity index (χ1) is 10.6. The lowest BCUT2D eigenvalue weighted by molar-refractivity contribution is -0.128. The minimum absolute atomic E-state index is 0.0878. The molecule has 0 radical (unpaired) electrons. The number of benzene rings is 1. The number of hydrogen-bond acceptors (Lipinski definition) is 3. The highest BCUT2D eigenvalue weighted by molar-refractivity contribution is 6.04. The second kappa shape index (κ2) is 7.36. The van der Waals surface area contributed by atoms with Gasteiger partial charge in [-0.3, -0.25) is 14.6 Å². The summed E-state index contributed by atoms with van der Waals surface area (Å²) < 4.78 is 0. The second-order valence-corrected chi connectivity index (χ2v) is 5.18. The largest absolute Gasteiger partial charge is 0.349 e. The van der Waals surface area contributed by atoms with Crippen LogP contribution in [0.1, 0.15) is 22.3 Å². The van der Waals surface area contributed by atoms with Gasteiger partial charge in [0, 0.05) is 38.6 Å². The van der Waals surface area contributed by atoms with E-state index in [0.717, 1.165) is 5.56 Å². The lowest BCUT2D eigenvalue weighted by Gasteiger charge is -2.10. The highest BCUT2D eigenvalue weighted by Gasteiger charge is 2.07. The van der Waals surface area contributed by atoms with Crippen LogP contribution in [-0.4, -0.2) is 35.8 Å². The van der Waals surface area contributed by atoms with Crippen LogP contribution in [0.4, 0.5) is 5.69 Å². The number of nitrogens with one attached hydrogen (secondary N) is 1. The molecule has 0 unspecified atom stereocenters. The SMILES string of the molecule is CN(C)C(=O)CCc1cccc(NC(=O)c2cccnc2)c1. The summed E-state index contributed by atoms with van der Waals surface area (Å²) in [5.41, 5.74) is 2.23. The van der Waals surface area contributed by atoms with Crippen LogP contribution in [0, 0.1) is 0 Å². The van der Waals surface area contributed by atoms with Crippen LogP contribution in [0.25, 0.3) is 0 Å². The van der Waals surface area contributed by atoms with E-state index in [1.165, 1.54) is 6.20 Å². The van der Waals surface area contributed by atoms with Crippen LogP contribution in [0.3, 0.4) is 0 Å². The molecule has 0 saturated heterocycles. The Bertz CT molecular complexity index is 654. The molecule has 0 saturated carbocycles. The predicted molar refractivity (Wildman–Crippen MR) is 85.6 cm³/mol. The molecule has 2 amide bonds. The number of carbonyl (C=O) groups excluding carboxylic acids is 2. The Labute approximate surface area is 130 Å².